The highest BCUT2D eigenvalue weighted by molar-refractivity contribution is 5.99. The van der Waals surface area contributed by atoms with Crippen LogP contribution in [0, 0.1) is 19.7 Å². The molecule has 0 fully saturated rings. The van der Waals surface area contributed by atoms with Gasteiger partial charge in [-0.15, -0.1) is 0 Å². The number of alkyl carbamates (subject to hydrolysis) is 2. The van der Waals surface area contributed by atoms with Crippen molar-refractivity contribution in [2.24, 2.45) is 0 Å². The van der Waals surface area contributed by atoms with Gasteiger partial charge in [0, 0.05) is 57.7 Å². The summed E-state index contributed by atoms with van der Waals surface area (Å²) in [5, 5.41) is 29.1. The van der Waals surface area contributed by atoms with Crippen LogP contribution >= 0.6 is 0 Å². The van der Waals surface area contributed by atoms with Crippen LogP contribution in [0.1, 0.15) is 129 Å². The molecule has 11 aromatic rings. The van der Waals surface area contributed by atoms with E-state index in [0.717, 1.165) is 66.5 Å². The number of aliphatic hydroxyl groups is 1. The number of unbranched alkanes of at least 4 members (excludes halogenated alkanes) is 1. The number of H-pyrrole nitrogens is 1. The Balaban J connectivity index is 0.665. The molecule has 7 N–H and O–H groups in total. The number of pyridine rings is 2. The number of cyclic esters (lactones) is 1. The summed E-state index contributed by atoms with van der Waals surface area (Å²) in [6, 6.07) is 59.8. The predicted molar refractivity (Wildman–Crippen MR) is 390 cm³/mol. The number of carbonyl (C=O) groups excluding carboxylic acids is 5. The number of aromatic amines is 1. The molecule has 2 aliphatic heterocycles. The molecule has 4 atom stereocenters. The molecule has 0 spiro atoms. The first-order valence-corrected chi connectivity index (χ1v) is 35.1. The third kappa shape index (κ3) is 12.7. The van der Waals surface area contributed by atoms with Gasteiger partial charge in [0.25, 0.3) is 5.56 Å². The average molecular weight is 1380 g/mol. The zero-order valence-corrected chi connectivity index (χ0v) is 57.2. The highest BCUT2D eigenvalue weighted by atomic mass is 19.1. The van der Waals surface area contributed by atoms with Gasteiger partial charge in [0.05, 0.1) is 40.6 Å². The van der Waals surface area contributed by atoms with Crippen LogP contribution in [0.25, 0.3) is 44.3 Å². The number of hydrogen-bond acceptors (Lipinski definition) is 12. The SMILES string of the molecule is CC[C@@]1(O)C(=O)OCc2c1cc1n(c2=O)Cc2c-1nc1cc(F)c(C)c3c1c2[C@@H](NC(=O)OCc1ccc(NC(=O)[C@H](CCCCNC(c2ccccc2)(c2ccccc2)c2ccc(C)cc2)NC(=O)[C@H](Cc2c[nH]c4ccccc24)NC(=O)OCC2c4ccccc4-c4ccccc42)cc1)CC3. The lowest BCUT2D eigenvalue weighted by molar-refractivity contribution is -0.172. The number of nitrogens with zero attached hydrogens (tertiary/aromatic N) is 2. The average Bonchev–Trinajstić information content (AvgIpc) is 1.60. The Bertz CT molecular complexity index is 5110. The van der Waals surface area contributed by atoms with E-state index in [4.69, 9.17) is 19.2 Å². The summed E-state index contributed by atoms with van der Waals surface area (Å²) in [6.45, 7) is 5.55. The van der Waals surface area contributed by atoms with Crippen LogP contribution in [0.4, 0.5) is 19.7 Å². The predicted octanol–water partition coefficient (Wildman–Crippen LogP) is 13.6. The van der Waals surface area contributed by atoms with Gasteiger partial charge in [-0.3, -0.25) is 19.7 Å². The van der Waals surface area contributed by atoms with Crippen molar-refractivity contribution in [3.8, 4) is 22.5 Å². The van der Waals surface area contributed by atoms with E-state index in [9.17, 15) is 29.1 Å². The first-order chi connectivity index (χ1) is 50.1. The van der Waals surface area contributed by atoms with E-state index in [-0.39, 0.29) is 62.7 Å². The van der Waals surface area contributed by atoms with E-state index >= 15 is 9.18 Å². The number of halogens is 1. The van der Waals surface area contributed by atoms with Crippen molar-refractivity contribution in [1.29, 1.82) is 0 Å². The van der Waals surface area contributed by atoms with Crippen LogP contribution in [-0.2, 0) is 72.3 Å². The Hall–Kier alpha value is -11.5. The van der Waals surface area contributed by atoms with Crippen molar-refractivity contribution < 1.29 is 47.7 Å². The maximum absolute atomic E-state index is 15.7. The van der Waals surface area contributed by atoms with Crippen molar-refractivity contribution in [2.45, 2.75) is 121 Å². The maximum atomic E-state index is 15.7. The summed E-state index contributed by atoms with van der Waals surface area (Å²) < 4.78 is 34.4. The lowest BCUT2D eigenvalue weighted by Crippen LogP contribution is -2.53. The second-order valence-corrected chi connectivity index (χ2v) is 27.2. The molecule has 103 heavy (non-hydrogen) atoms. The van der Waals surface area contributed by atoms with Crippen LogP contribution in [0.5, 0.6) is 0 Å². The largest absolute Gasteiger partial charge is 0.458 e. The van der Waals surface area contributed by atoms with Gasteiger partial charge in [-0.1, -0.05) is 176 Å². The number of fused-ring (bicyclic) bond motifs is 9. The summed E-state index contributed by atoms with van der Waals surface area (Å²) in [4.78, 5) is 93.8. The number of para-hydroxylation sites is 1. The summed E-state index contributed by atoms with van der Waals surface area (Å²) in [6.07, 6.45) is 2.41. The molecule has 520 valence electrons. The minimum atomic E-state index is -2.05. The van der Waals surface area contributed by atoms with E-state index in [1.165, 1.54) is 10.6 Å². The Kier molecular flexibility index (Phi) is 18.4. The zero-order chi connectivity index (χ0) is 71.1. The summed E-state index contributed by atoms with van der Waals surface area (Å²) in [5.41, 5.74) is 11.8. The van der Waals surface area contributed by atoms with Crippen molar-refractivity contribution in [3.05, 3.63) is 294 Å². The molecule has 4 aliphatic rings. The van der Waals surface area contributed by atoms with Crippen molar-refractivity contribution in [2.75, 3.05) is 18.5 Å². The number of esters is 1. The normalized spacial score (nSPS) is 16.1. The number of rotatable bonds is 22. The molecule has 19 heteroatoms. The Morgan fingerprint density at radius 3 is 2.12 bits per heavy atom. The molecule has 3 aromatic heterocycles. The Morgan fingerprint density at radius 2 is 1.41 bits per heavy atom. The molecule has 8 aromatic carbocycles. The standard InChI is InChI=1S/C84H77FN8O10/c1-4-83(100)66-42-73-76-63(45-93(73)79(96)65(66)48-101-80(83)97)75-69(39-38-57-50(3)67(85)43-71(89-76)74(57)75)91-81(98)102-46-51-32-36-56(37-33-51)88-77(94)70(29-17-18-40-87-84(53-19-7-5-8-20-53,54-21-9-6-10-22-54)55-34-30-49(2)31-35-55)90-78(95)72(41-52-44-86-68-28-16-15-23-58(52)68)92-82(99)103-47-64-61-26-13-11-24-59(61)60-25-12-14-27-62(60)64/h5-16,19-28,30-37,42-44,64,69-70,72,86-87,100H,4,17-18,29,38-41,45-48H2,1-3H3,(H,88,94)(H,90,95)(H,91,98)(H,92,99)/t69-,70-,72-,83-/m0/s1. The molecular weight excluding hydrogens is 1300 g/mol. The molecule has 15 rings (SSSR count). The van der Waals surface area contributed by atoms with E-state index in [1.54, 1.807) is 44.2 Å². The van der Waals surface area contributed by atoms with Gasteiger partial charge in [-0.25, -0.2) is 23.8 Å². The second kappa shape index (κ2) is 28.1. The topological polar surface area (TPSA) is 244 Å². The fourth-order valence-electron chi connectivity index (χ4n) is 15.7. The number of hydrogen-bond donors (Lipinski definition) is 7. The monoisotopic (exact) mass is 1380 g/mol. The van der Waals surface area contributed by atoms with Gasteiger partial charge >= 0.3 is 18.2 Å². The molecule has 5 heterocycles. The second-order valence-electron chi connectivity index (χ2n) is 27.2. The summed E-state index contributed by atoms with van der Waals surface area (Å²) >= 11 is 0. The lowest BCUT2D eigenvalue weighted by Gasteiger charge is -2.37. The number of amides is 4. The minimum Gasteiger partial charge on any atom is -0.458 e. The molecule has 4 amide bonds. The summed E-state index contributed by atoms with van der Waals surface area (Å²) in [7, 11) is 0. The molecule has 0 bridgehead atoms. The smallest absolute Gasteiger partial charge is 0.407 e. The quantitative estimate of drug-likeness (QED) is 0.0145. The van der Waals surface area contributed by atoms with Crippen LogP contribution < -0.4 is 32.1 Å². The number of carbonyl (C=O) groups is 5. The maximum Gasteiger partial charge on any atom is 0.407 e. The third-order valence-corrected chi connectivity index (χ3v) is 21.2. The zero-order valence-electron chi connectivity index (χ0n) is 57.2. The molecule has 18 nitrogen and oxygen atoms in total. The van der Waals surface area contributed by atoms with Gasteiger partial charge < -0.3 is 50.1 Å². The van der Waals surface area contributed by atoms with E-state index in [0.29, 0.717) is 82.5 Å². The van der Waals surface area contributed by atoms with E-state index in [2.05, 4.69) is 99.2 Å². The summed E-state index contributed by atoms with van der Waals surface area (Å²) in [5.74, 6) is -2.61. The Labute approximate surface area is 594 Å². The molecule has 0 unspecified atom stereocenters. The van der Waals surface area contributed by atoms with E-state index in [1.807, 2.05) is 103 Å². The number of anilines is 1. The molecule has 0 radical (unpaired) electrons. The van der Waals surface area contributed by atoms with Crippen LogP contribution in [0.15, 0.2) is 205 Å². The van der Waals surface area contributed by atoms with Crippen molar-refractivity contribution in [1.82, 2.24) is 35.8 Å². The van der Waals surface area contributed by atoms with Gasteiger partial charge in [0.1, 0.15) is 37.7 Å². The van der Waals surface area contributed by atoms with Crippen LogP contribution in [0.3, 0.4) is 0 Å². The molecule has 0 saturated heterocycles. The van der Waals surface area contributed by atoms with E-state index < -0.39 is 70.6 Å². The molecule has 2 aliphatic carbocycles. The van der Waals surface area contributed by atoms with Gasteiger partial charge in [0.2, 0.25) is 11.8 Å². The van der Waals surface area contributed by atoms with Crippen molar-refractivity contribution in [3.63, 3.8) is 0 Å². The van der Waals surface area contributed by atoms with Gasteiger partial charge in [-0.2, -0.15) is 0 Å². The number of aryl methyl sites for hydroxylation is 2. The van der Waals surface area contributed by atoms with Crippen LogP contribution in [0.2, 0.25) is 0 Å². The highest BCUT2D eigenvalue weighted by Gasteiger charge is 2.46. The van der Waals surface area contributed by atoms with Crippen molar-refractivity contribution >= 4 is 57.5 Å². The number of benzene rings is 8. The van der Waals surface area contributed by atoms with Gasteiger partial charge in [-0.05, 0) is 150 Å². The first kappa shape index (κ1) is 67.3. The molecule has 0 saturated carbocycles. The number of aromatic nitrogens is 3. The highest BCUT2D eigenvalue weighted by Crippen LogP contribution is 2.48. The fourth-order valence-corrected chi connectivity index (χ4v) is 15.7. The number of nitrogens with one attached hydrogen (secondary N) is 6. The molecular formula is C84H77FN8O10. The lowest BCUT2D eigenvalue weighted by atomic mass is 9.76. The fraction of sp³-hybridized carbons (Fsp3) is 0.250. The van der Waals surface area contributed by atoms with Gasteiger partial charge in [0.15, 0.2) is 5.60 Å². The third-order valence-electron chi connectivity index (χ3n) is 21.2. The van der Waals surface area contributed by atoms with Crippen LogP contribution in [-0.4, -0.2) is 74.8 Å². The Morgan fingerprint density at radius 1 is 0.738 bits per heavy atom. The number of ether oxygens (including phenoxy) is 3. The first-order valence-electron chi connectivity index (χ1n) is 35.1. The minimum absolute atomic E-state index is 0.0221.